The average molecular weight is 253 g/mol. The van der Waals surface area contributed by atoms with E-state index < -0.39 is 0 Å². The molecule has 102 valence electrons. The number of aromatic nitrogens is 2. The number of aromatic amines is 1. The summed E-state index contributed by atoms with van der Waals surface area (Å²) >= 11 is 0. The number of hydrogen-bond acceptors (Lipinski definition) is 4. The molecule has 1 unspecified atom stereocenters. The van der Waals surface area contributed by atoms with Crippen LogP contribution in [0.5, 0.6) is 0 Å². The maximum Gasteiger partial charge on any atom is 0.255 e. The van der Waals surface area contributed by atoms with Crippen LogP contribution in [0.1, 0.15) is 43.9 Å². The van der Waals surface area contributed by atoms with E-state index in [1.165, 1.54) is 0 Å². The average Bonchev–Trinajstić information content (AvgIpc) is 2.22. The summed E-state index contributed by atoms with van der Waals surface area (Å²) in [4.78, 5) is 18.9. The van der Waals surface area contributed by atoms with E-state index in [4.69, 9.17) is 4.74 Å². The molecular formula is C13H23N3O2. The number of nitrogens with zero attached hydrogens (tertiary/aromatic N) is 1. The van der Waals surface area contributed by atoms with Crippen LogP contribution in [0.3, 0.4) is 0 Å². The lowest BCUT2D eigenvalue weighted by atomic mass is 10.1. The van der Waals surface area contributed by atoms with Gasteiger partial charge >= 0.3 is 0 Å². The van der Waals surface area contributed by atoms with Gasteiger partial charge in [0.1, 0.15) is 5.82 Å². The third-order valence-corrected chi connectivity index (χ3v) is 2.70. The van der Waals surface area contributed by atoms with Crippen molar-refractivity contribution in [1.82, 2.24) is 15.3 Å². The zero-order valence-corrected chi connectivity index (χ0v) is 11.8. The van der Waals surface area contributed by atoms with Crippen molar-refractivity contribution >= 4 is 0 Å². The number of nitrogens with one attached hydrogen (secondary N) is 2. The number of rotatable bonds is 6. The highest BCUT2D eigenvalue weighted by atomic mass is 16.5. The fourth-order valence-corrected chi connectivity index (χ4v) is 1.92. The van der Waals surface area contributed by atoms with E-state index in [0.717, 1.165) is 5.69 Å². The smallest absolute Gasteiger partial charge is 0.255 e. The van der Waals surface area contributed by atoms with Crippen molar-refractivity contribution in [3.05, 3.63) is 27.4 Å². The molecule has 0 aliphatic heterocycles. The van der Waals surface area contributed by atoms with E-state index in [1.54, 1.807) is 6.92 Å². The Hall–Kier alpha value is -1.20. The predicted octanol–water partition coefficient (Wildman–Crippen LogP) is 1.46. The fourth-order valence-electron chi connectivity index (χ4n) is 1.92. The van der Waals surface area contributed by atoms with Crippen LogP contribution in [0.25, 0.3) is 0 Å². The SMILES string of the molecule is Cc1nc(C)c(C(C)NCCOC(C)C)c(=O)[nH]1. The Morgan fingerprint density at radius 3 is 2.56 bits per heavy atom. The van der Waals surface area contributed by atoms with Crippen molar-refractivity contribution < 1.29 is 4.74 Å². The molecule has 18 heavy (non-hydrogen) atoms. The molecule has 0 spiro atoms. The molecule has 0 bridgehead atoms. The zero-order chi connectivity index (χ0) is 13.7. The monoisotopic (exact) mass is 253 g/mol. The molecule has 1 rings (SSSR count). The first-order valence-corrected chi connectivity index (χ1v) is 6.34. The molecule has 5 heteroatoms. The highest BCUT2D eigenvalue weighted by molar-refractivity contribution is 5.19. The first kappa shape index (κ1) is 14.9. The van der Waals surface area contributed by atoms with Crippen molar-refractivity contribution in [3.8, 4) is 0 Å². The molecule has 0 aromatic carbocycles. The summed E-state index contributed by atoms with van der Waals surface area (Å²) in [5.41, 5.74) is 1.41. The Bertz CT molecular complexity index is 440. The van der Waals surface area contributed by atoms with Crippen molar-refractivity contribution in [3.63, 3.8) is 0 Å². The van der Waals surface area contributed by atoms with Crippen molar-refractivity contribution in [2.24, 2.45) is 0 Å². The Balaban J connectivity index is 2.62. The first-order valence-electron chi connectivity index (χ1n) is 6.34. The molecule has 1 aromatic heterocycles. The Morgan fingerprint density at radius 1 is 1.33 bits per heavy atom. The van der Waals surface area contributed by atoms with Gasteiger partial charge in [0.25, 0.3) is 5.56 Å². The lowest BCUT2D eigenvalue weighted by molar-refractivity contribution is 0.0796. The predicted molar refractivity (Wildman–Crippen MR) is 71.8 cm³/mol. The fraction of sp³-hybridized carbons (Fsp3) is 0.692. The van der Waals surface area contributed by atoms with Crippen LogP contribution >= 0.6 is 0 Å². The van der Waals surface area contributed by atoms with Crippen LogP contribution in [-0.4, -0.2) is 29.2 Å². The van der Waals surface area contributed by atoms with Gasteiger partial charge in [0.2, 0.25) is 0 Å². The summed E-state index contributed by atoms with van der Waals surface area (Å²) in [5.74, 6) is 0.650. The van der Waals surface area contributed by atoms with Gasteiger partial charge in [-0.2, -0.15) is 0 Å². The van der Waals surface area contributed by atoms with Crippen LogP contribution in [0.2, 0.25) is 0 Å². The van der Waals surface area contributed by atoms with Gasteiger partial charge < -0.3 is 15.0 Å². The van der Waals surface area contributed by atoms with Crippen molar-refractivity contribution in [2.75, 3.05) is 13.2 Å². The highest BCUT2D eigenvalue weighted by Crippen LogP contribution is 2.10. The summed E-state index contributed by atoms with van der Waals surface area (Å²) in [6, 6.07) is -0.0300. The highest BCUT2D eigenvalue weighted by Gasteiger charge is 2.13. The molecule has 0 aliphatic carbocycles. The maximum atomic E-state index is 11.9. The normalized spacial score (nSPS) is 13.0. The van der Waals surface area contributed by atoms with Gasteiger partial charge in [-0.1, -0.05) is 0 Å². The molecule has 1 atom stereocenters. The molecule has 0 saturated carbocycles. The van der Waals surface area contributed by atoms with E-state index >= 15 is 0 Å². The number of hydrogen-bond donors (Lipinski definition) is 2. The van der Waals surface area contributed by atoms with Gasteiger partial charge in [-0.25, -0.2) is 4.98 Å². The molecule has 5 nitrogen and oxygen atoms in total. The van der Waals surface area contributed by atoms with E-state index in [0.29, 0.717) is 24.5 Å². The molecule has 0 radical (unpaired) electrons. The van der Waals surface area contributed by atoms with Crippen LogP contribution in [-0.2, 0) is 4.74 Å². The maximum absolute atomic E-state index is 11.9. The van der Waals surface area contributed by atoms with Crippen molar-refractivity contribution in [2.45, 2.75) is 46.8 Å². The van der Waals surface area contributed by atoms with Gasteiger partial charge in [-0.3, -0.25) is 4.79 Å². The minimum absolute atomic E-state index is 0.0300. The van der Waals surface area contributed by atoms with Crippen LogP contribution < -0.4 is 10.9 Å². The summed E-state index contributed by atoms with van der Waals surface area (Å²) in [7, 11) is 0. The number of ether oxygens (including phenoxy) is 1. The molecule has 1 heterocycles. The summed E-state index contributed by atoms with van der Waals surface area (Å²) < 4.78 is 5.44. The molecule has 2 N–H and O–H groups in total. The van der Waals surface area contributed by atoms with Crippen LogP contribution in [0.15, 0.2) is 4.79 Å². The minimum atomic E-state index is -0.0650. The van der Waals surface area contributed by atoms with E-state index in [-0.39, 0.29) is 17.7 Å². The molecule has 0 saturated heterocycles. The van der Waals surface area contributed by atoms with E-state index in [1.807, 2.05) is 27.7 Å². The quantitative estimate of drug-likeness (QED) is 0.753. The molecule has 0 fully saturated rings. The van der Waals surface area contributed by atoms with Crippen LogP contribution in [0.4, 0.5) is 0 Å². The zero-order valence-electron chi connectivity index (χ0n) is 11.8. The first-order chi connectivity index (χ1) is 8.41. The van der Waals surface area contributed by atoms with Gasteiger partial charge in [-0.15, -0.1) is 0 Å². The third-order valence-electron chi connectivity index (χ3n) is 2.70. The Morgan fingerprint density at radius 2 is 2.00 bits per heavy atom. The van der Waals surface area contributed by atoms with Gasteiger partial charge in [-0.05, 0) is 34.6 Å². The second-order valence-electron chi connectivity index (χ2n) is 4.75. The molecule has 0 aliphatic rings. The van der Waals surface area contributed by atoms with Gasteiger partial charge in [0.15, 0.2) is 0 Å². The second-order valence-corrected chi connectivity index (χ2v) is 4.75. The van der Waals surface area contributed by atoms with Crippen molar-refractivity contribution in [1.29, 1.82) is 0 Å². The van der Waals surface area contributed by atoms with Gasteiger partial charge in [0, 0.05) is 18.3 Å². The largest absolute Gasteiger partial charge is 0.377 e. The standard InChI is InChI=1S/C13H23N3O2/c1-8(2)18-7-6-14-9(3)12-10(4)15-11(5)16-13(12)17/h8-9,14H,6-7H2,1-5H3,(H,15,16,17). The lowest BCUT2D eigenvalue weighted by Crippen LogP contribution is -2.30. The lowest BCUT2D eigenvalue weighted by Gasteiger charge is -2.16. The summed E-state index contributed by atoms with van der Waals surface area (Å²) in [6.07, 6.45) is 0.230. The van der Waals surface area contributed by atoms with E-state index in [2.05, 4.69) is 15.3 Å². The number of H-pyrrole nitrogens is 1. The second kappa shape index (κ2) is 6.66. The topological polar surface area (TPSA) is 67.0 Å². The molecule has 1 aromatic rings. The molecular weight excluding hydrogens is 230 g/mol. The van der Waals surface area contributed by atoms with Crippen LogP contribution in [0, 0.1) is 13.8 Å². The summed E-state index contributed by atoms with van der Waals surface area (Å²) in [6.45, 7) is 11.0. The number of aryl methyl sites for hydroxylation is 2. The third kappa shape index (κ3) is 4.23. The minimum Gasteiger partial charge on any atom is -0.377 e. The Labute approximate surface area is 108 Å². The summed E-state index contributed by atoms with van der Waals surface area (Å²) in [5, 5.41) is 3.27. The Kier molecular flexibility index (Phi) is 5.50. The van der Waals surface area contributed by atoms with Gasteiger partial charge in [0.05, 0.1) is 18.3 Å². The van der Waals surface area contributed by atoms with E-state index in [9.17, 15) is 4.79 Å². The molecule has 0 amide bonds.